The number of hydrogen-bond donors (Lipinski definition) is 1. The van der Waals surface area contributed by atoms with Crippen LogP contribution < -0.4 is 9.79 Å². The fraction of sp³-hybridized carbons (Fsp3) is 0.286. The zero-order valence-corrected chi connectivity index (χ0v) is 12.9. The summed E-state index contributed by atoms with van der Waals surface area (Å²) in [6, 6.07) is 3.60. The van der Waals surface area contributed by atoms with Crippen LogP contribution >= 0.6 is 0 Å². The Balaban J connectivity index is 0.000000381. The van der Waals surface area contributed by atoms with E-state index in [9.17, 15) is 18.0 Å². The summed E-state index contributed by atoms with van der Waals surface area (Å²) in [4.78, 5) is 27.6. The third-order valence-electron chi connectivity index (χ3n) is 2.67. The summed E-state index contributed by atoms with van der Waals surface area (Å²) in [5.41, 5.74) is 1.62. The first kappa shape index (κ1) is 19.9. The van der Waals surface area contributed by atoms with Crippen LogP contribution in [0.15, 0.2) is 30.7 Å². The van der Waals surface area contributed by atoms with E-state index < -0.39 is 18.1 Å². The third-order valence-corrected chi connectivity index (χ3v) is 2.67. The van der Waals surface area contributed by atoms with E-state index >= 15 is 0 Å². The molecule has 0 aromatic carbocycles. The van der Waals surface area contributed by atoms with E-state index in [1.165, 1.54) is 0 Å². The zero-order chi connectivity index (χ0) is 19.0. The van der Waals surface area contributed by atoms with Crippen molar-refractivity contribution in [1.29, 1.82) is 0 Å². The van der Waals surface area contributed by atoms with Gasteiger partial charge in [-0.15, -0.1) is 0 Å². The topological polar surface area (TPSA) is 120 Å². The molecule has 0 spiro atoms. The second kappa shape index (κ2) is 8.66. The molecule has 2 rings (SSSR count). The first-order valence-corrected chi connectivity index (χ1v) is 6.76. The van der Waals surface area contributed by atoms with Crippen molar-refractivity contribution in [2.45, 2.75) is 26.1 Å². The van der Waals surface area contributed by atoms with Gasteiger partial charge >= 0.3 is 12.1 Å². The maximum atomic E-state index is 10.5. The van der Waals surface area contributed by atoms with E-state index in [1.807, 2.05) is 13.0 Å². The van der Waals surface area contributed by atoms with Gasteiger partial charge in [0.1, 0.15) is 18.1 Å². The van der Waals surface area contributed by atoms with Crippen LogP contribution in [0.2, 0.25) is 0 Å². The fourth-order valence-electron chi connectivity index (χ4n) is 1.57. The van der Waals surface area contributed by atoms with Crippen LogP contribution in [0.3, 0.4) is 0 Å². The Morgan fingerprint density at radius 3 is 2.28 bits per heavy atom. The van der Waals surface area contributed by atoms with Crippen LogP contribution in [0.1, 0.15) is 12.1 Å². The van der Waals surface area contributed by atoms with Crippen molar-refractivity contribution < 1.29 is 37.7 Å². The van der Waals surface area contributed by atoms with Gasteiger partial charge in [-0.3, -0.25) is 4.79 Å². The lowest BCUT2D eigenvalue weighted by atomic mass is 10.2. The molecule has 0 bridgehead atoms. The van der Waals surface area contributed by atoms with Crippen molar-refractivity contribution in [2.75, 3.05) is 0 Å². The molecule has 2 aromatic rings. The lowest BCUT2D eigenvalue weighted by molar-refractivity contribution is -0.753. The molecule has 2 heterocycles. The Bertz CT molecular complexity index is 739. The summed E-state index contributed by atoms with van der Waals surface area (Å²) in [6.07, 6.45) is -0.0551. The van der Waals surface area contributed by atoms with Crippen molar-refractivity contribution in [3.8, 4) is 11.4 Å². The Morgan fingerprint density at radius 1 is 1.28 bits per heavy atom. The Morgan fingerprint density at radius 2 is 1.84 bits per heavy atom. The molecule has 0 saturated carbocycles. The molecule has 8 nitrogen and oxygen atoms in total. The first-order valence-electron chi connectivity index (χ1n) is 6.76. The van der Waals surface area contributed by atoms with E-state index in [2.05, 4.69) is 15.1 Å². The molecular weight excluding hydrogens is 345 g/mol. The maximum absolute atomic E-state index is 10.5. The number of alkyl halides is 3. The molecule has 0 aliphatic heterocycles. The van der Waals surface area contributed by atoms with Gasteiger partial charge in [-0.05, 0) is 18.1 Å². The van der Waals surface area contributed by atoms with Crippen LogP contribution in [-0.4, -0.2) is 38.3 Å². The molecule has 0 aliphatic carbocycles. The molecule has 0 unspecified atom stereocenters. The van der Waals surface area contributed by atoms with E-state index in [-0.39, 0.29) is 6.42 Å². The Labute approximate surface area is 139 Å². The quantitative estimate of drug-likeness (QED) is 0.758. The van der Waals surface area contributed by atoms with Crippen molar-refractivity contribution >= 4 is 11.9 Å². The van der Waals surface area contributed by atoms with Crippen molar-refractivity contribution in [3.63, 3.8) is 0 Å². The second-order valence-electron chi connectivity index (χ2n) is 4.58. The third kappa shape index (κ3) is 6.89. The summed E-state index contributed by atoms with van der Waals surface area (Å²) in [7, 11) is 0. The number of carbonyl (C=O) groups is 2. The van der Waals surface area contributed by atoms with Gasteiger partial charge in [0.15, 0.2) is 18.6 Å². The Hall–Kier alpha value is -3.11. The monoisotopic (exact) mass is 358 g/mol. The SMILES string of the molecule is Cc1n[n+](CCC(=O)O)ccc1-c1ncccn1.O=C([O-])C(F)(F)F. The lowest BCUT2D eigenvalue weighted by Crippen LogP contribution is -2.39. The van der Waals surface area contributed by atoms with Gasteiger partial charge in [0.2, 0.25) is 0 Å². The fourth-order valence-corrected chi connectivity index (χ4v) is 1.57. The van der Waals surface area contributed by atoms with Gasteiger partial charge in [-0.2, -0.15) is 13.2 Å². The predicted octanol–water partition coefficient (Wildman–Crippen LogP) is -0.0922. The number of aryl methyl sites for hydroxylation is 2. The maximum Gasteiger partial charge on any atom is 0.430 e. The second-order valence-corrected chi connectivity index (χ2v) is 4.58. The number of carbonyl (C=O) groups excluding carboxylic acids is 1. The largest absolute Gasteiger partial charge is 0.542 e. The van der Waals surface area contributed by atoms with Crippen molar-refractivity contribution in [1.82, 2.24) is 15.1 Å². The van der Waals surface area contributed by atoms with E-state index in [0.29, 0.717) is 12.4 Å². The minimum absolute atomic E-state index is 0.0539. The molecule has 0 radical (unpaired) electrons. The molecule has 25 heavy (non-hydrogen) atoms. The molecule has 2 aromatic heterocycles. The summed E-state index contributed by atoms with van der Waals surface area (Å²) >= 11 is 0. The molecule has 0 aliphatic rings. The number of hydrogen-bond acceptors (Lipinski definition) is 6. The highest BCUT2D eigenvalue weighted by molar-refractivity contribution is 5.70. The average molecular weight is 358 g/mol. The van der Waals surface area contributed by atoms with Crippen LogP contribution in [0.4, 0.5) is 13.2 Å². The van der Waals surface area contributed by atoms with Crippen molar-refractivity contribution in [3.05, 3.63) is 36.4 Å². The van der Waals surface area contributed by atoms with Gasteiger partial charge < -0.3 is 15.0 Å². The highest BCUT2D eigenvalue weighted by Crippen LogP contribution is 2.14. The number of carboxylic acid groups (broad SMARTS) is 2. The van der Waals surface area contributed by atoms with E-state index in [4.69, 9.17) is 15.0 Å². The molecule has 0 fully saturated rings. The average Bonchev–Trinajstić information content (AvgIpc) is 2.53. The molecule has 134 valence electrons. The zero-order valence-electron chi connectivity index (χ0n) is 12.9. The number of carboxylic acids is 2. The minimum Gasteiger partial charge on any atom is -0.542 e. The summed E-state index contributed by atoms with van der Waals surface area (Å²) in [5, 5.41) is 21.7. The number of aromatic nitrogens is 4. The molecule has 0 amide bonds. The molecule has 1 N–H and O–H groups in total. The standard InChI is InChI=1S/C12H12N4O2.C2HF3O2/c1-9-10(12-13-5-2-6-14-12)3-7-16(15-9)8-4-11(17)18;3-2(4,5)1(6)7/h2-3,5-7H,4,8H2,1H3;(H,6,7). The minimum atomic E-state index is -5.19. The molecule has 11 heteroatoms. The number of rotatable bonds is 4. The summed E-state index contributed by atoms with van der Waals surface area (Å²) in [6.45, 7) is 2.20. The van der Waals surface area contributed by atoms with Gasteiger partial charge in [0.05, 0.1) is 5.56 Å². The highest BCUT2D eigenvalue weighted by atomic mass is 19.4. The van der Waals surface area contributed by atoms with Crippen LogP contribution in [0, 0.1) is 6.92 Å². The van der Waals surface area contributed by atoms with E-state index in [0.717, 1.165) is 11.3 Å². The normalized spacial score (nSPS) is 10.6. The Kier molecular flexibility index (Phi) is 6.91. The number of aliphatic carboxylic acids is 2. The highest BCUT2D eigenvalue weighted by Gasteiger charge is 2.28. The van der Waals surface area contributed by atoms with Crippen LogP contribution in [0.25, 0.3) is 11.4 Å². The van der Waals surface area contributed by atoms with Crippen LogP contribution in [-0.2, 0) is 16.1 Å². The first-order chi connectivity index (χ1) is 11.6. The number of nitrogens with zero attached hydrogens (tertiary/aromatic N) is 4. The van der Waals surface area contributed by atoms with Gasteiger partial charge in [-0.1, -0.05) is 4.68 Å². The smallest absolute Gasteiger partial charge is 0.430 e. The lowest BCUT2D eigenvalue weighted by Gasteiger charge is -2.03. The molecule has 0 atom stereocenters. The number of halogens is 3. The molecule has 0 saturated heterocycles. The summed E-state index contributed by atoms with van der Waals surface area (Å²) in [5.74, 6) is -3.22. The van der Waals surface area contributed by atoms with Gasteiger partial charge in [0, 0.05) is 18.5 Å². The van der Waals surface area contributed by atoms with Crippen molar-refractivity contribution in [2.24, 2.45) is 0 Å². The summed E-state index contributed by atoms with van der Waals surface area (Å²) < 4.78 is 33.2. The van der Waals surface area contributed by atoms with Crippen LogP contribution in [0.5, 0.6) is 0 Å². The van der Waals surface area contributed by atoms with Gasteiger partial charge in [-0.25, -0.2) is 9.97 Å². The predicted molar refractivity (Wildman–Crippen MR) is 73.5 cm³/mol. The van der Waals surface area contributed by atoms with Gasteiger partial charge in [0.25, 0.3) is 0 Å². The van der Waals surface area contributed by atoms with E-state index in [1.54, 1.807) is 29.3 Å². The molecular formula is C14H13F3N4O4.